The molecule has 0 saturated carbocycles. The van der Waals surface area contributed by atoms with Crippen LogP contribution in [0.2, 0.25) is 0 Å². The molecule has 19 heavy (non-hydrogen) atoms. The third kappa shape index (κ3) is 5.15. The highest BCUT2D eigenvalue weighted by atomic mass is 16.5. The van der Waals surface area contributed by atoms with Gasteiger partial charge in [-0.3, -0.25) is 14.7 Å². The van der Waals surface area contributed by atoms with Gasteiger partial charge < -0.3 is 4.74 Å². The van der Waals surface area contributed by atoms with Gasteiger partial charge in [-0.2, -0.15) is 5.10 Å². The molecular weight excluding hydrogens is 244 g/mol. The summed E-state index contributed by atoms with van der Waals surface area (Å²) in [4.78, 5) is 17.8. The Labute approximate surface area is 112 Å². The highest BCUT2D eigenvalue weighted by Gasteiger charge is 2.11. The number of carbonyl (C=O) groups is 1. The second-order valence-electron chi connectivity index (χ2n) is 4.28. The van der Waals surface area contributed by atoms with E-state index in [0.29, 0.717) is 6.42 Å². The monoisotopic (exact) mass is 262 g/mol. The van der Waals surface area contributed by atoms with E-state index in [1.165, 1.54) is 0 Å². The molecule has 1 fully saturated rings. The van der Waals surface area contributed by atoms with Crippen molar-refractivity contribution in [2.45, 2.75) is 6.42 Å². The Kier molecular flexibility index (Phi) is 5.46. The standard InChI is InChI=1S/C13H18N4O2/c18-13(3-5-17-6-8-19-9-7-17)16-15-11-12-2-1-4-14-10-12/h1-2,4,10-11H,3,5-9H2,(H,16,18). The molecular formula is C13H18N4O2. The van der Waals surface area contributed by atoms with Gasteiger partial charge in [-0.25, -0.2) is 5.43 Å². The van der Waals surface area contributed by atoms with Crippen LogP contribution in [0.3, 0.4) is 0 Å². The summed E-state index contributed by atoms with van der Waals surface area (Å²) in [5, 5.41) is 3.90. The van der Waals surface area contributed by atoms with Crippen LogP contribution in [0.5, 0.6) is 0 Å². The average Bonchev–Trinajstić information content (AvgIpc) is 2.47. The number of amides is 1. The first-order valence-corrected chi connectivity index (χ1v) is 6.36. The summed E-state index contributed by atoms with van der Waals surface area (Å²) in [6, 6.07) is 3.69. The van der Waals surface area contributed by atoms with Crippen LogP contribution in [0, 0.1) is 0 Å². The van der Waals surface area contributed by atoms with Crippen molar-refractivity contribution < 1.29 is 9.53 Å². The van der Waals surface area contributed by atoms with Crippen LogP contribution >= 0.6 is 0 Å². The molecule has 0 atom stereocenters. The predicted octanol–water partition coefficient (Wildman–Crippen LogP) is 0.254. The third-order valence-electron chi connectivity index (χ3n) is 2.85. The molecule has 0 aromatic carbocycles. The molecule has 1 amide bonds. The Morgan fingerprint density at radius 1 is 1.53 bits per heavy atom. The van der Waals surface area contributed by atoms with Gasteiger partial charge in [0, 0.05) is 44.0 Å². The van der Waals surface area contributed by atoms with Gasteiger partial charge in [0.25, 0.3) is 0 Å². The molecule has 1 saturated heterocycles. The summed E-state index contributed by atoms with van der Waals surface area (Å²) in [5.41, 5.74) is 3.37. The lowest BCUT2D eigenvalue weighted by Crippen LogP contribution is -2.38. The molecule has 0 radical (unpaired) electrons. The molecule has 0 bridgehead atoms. The van der Waals surface area contributed by atoms with Crippen LogP contribution < -0.4 is 5.43 Å². The van der Waals surface area contributed by atoms with E-state index in [0.717, 1.165) is 38.4 Å². The molecule has 1 N–H and O–H groups in total. The van der Waals surface area contributed by atoms with E-state index in [-0.39, 0.29) is 5.91 Å². The number of nitrogens with zero attached hydrogens (tertiary/aromatic N) is 3. The SMILES string of the molecule is O=C(CCN1CCOCC1)NN=Cc1cccnc1. The van der Waals surface area contributed by atoms with Crippen LogP contribution in [-0.2, 0) is 9.53 Å². The van der Waals surface area contributed by atoms with Crippen molar-refractivity contribution in [3.63, 3.8) is 0 Å². The second kappa shape index (κ2) is 7.60. The molecule has 1 aliphatic rings. The quantitative estimate of drug-likeness (QED) is 0.610. The topological polar surface area (TPSA) is 66.8 Å². The first-order chi connectivity index (χ1) is 9.34. The van der Waals surface area contributed by atoms with E-state index in [2.05, 4.69) is 20.4 Å². The molecule has 0 aliphatic carbocycles. The minimum Gasteiger partial charge on any atom is -0.379 e. The van der Waals surface area contributed by atoms with Crippen molar-refractivity contribution in [1.82, 2.24) is 15.3 Å². The fourth-order valence-electron chi connectivity index (χ4n) is 1.77. The normalized spacial score (nSPS) is 16.6. The number of pyridine rings is 1. The molecule has 6 heteroatoms. The zero-order chi connectivity index (χ0) is 13.3. The second-order valence-corrected chi connectivity index (χ2v) is 4.28. The first kappa shape index (κ1) is 13.6. The number of hydrogen-bond donors (Lipinski definition) is 1. The van der Waals surface area contributed by atoms with Crippen molar-refractivity contribution in [3.8, 4) is 0 Å². The van der Waals surface area contributed by atoms with Crippen molar-refractivity contribution in [3.05, 3.63) is 30.1 Å². The summed E-state index contributed by atoms with van der Waals surface area (Å²) in [6.45, 7) is 4.04. The van der Waals surface area contributed by atoms with Gasteiger partial charge in [0.05, 0.1) is 19.4 Å². The Bertz CT molecular complexity index is 416. The number of hydrazone groups is 1. The molecule has 102 valence electrons. The molecule has 2 heterocycles. The van der Waals surface area contributed by atoms with Crippen LogP contribution in [-0.4, -0.2) is 54.9 Å². The Morgan fingerprint density at radius 2 is 2.37 bits per heavy atom. The lowest BCUT2D eigenvalue weighted by Gasteiger charge is -2.25. The van der Waals surface area contributed by atoms with E-state index >= 15 is 0 Å². The zero-order valence-electron chi connectivity index (χ0n) is 10.8. The van der Waals surface area contributed by atoms with Gasteiger partial charge in [-0.15, -0.1) is 0 Å². The summed E-state index contributed by atoms with van der Waals surface area (Å²) in [5.74, 6) is -0.0772. The Balaban J connectivity index is 1.65. The summed E-state index contributed by atoms with van der Waals surface area (Å²) in [6.07, 6.45) is 5.41. The van der Waals surface area contributed by atoms with Gasteiger partial charge in [0.2, 0.25) is 5.91 Å². The van der Waals surface area contributed by atoms with Crippen molar-refractivity contribution >= 4 is 12.1 Å². The van der Waals surface area contributed by atoms with Crippen molar-refractivity contribution in [2.75, 3.05) is 32.8 Å². The molecule has 1 aliphatic heterocycles. The number of nitrogens with one attached hydrogen (secondary N) is 1. The maximum Gasteiger partial charge on any atom is 0.241 e. The fraction of sp³-hybridized carbons (Fsp3) is 0.462. The molecule has 1 aromatic heterocycles. The average molecular weight is 262 g/mol. The highest BCUT2D eigenvalue weighted by molar-refractivity contribution is 5.81. The maximum atomic E-state index is 11.6. The Hall–Kier alpha value is -1.79. The number of ether oxygens (including phenoxy) is 1. The third-order valence-corrected chi connectivity index (χ3v) is 2.85. The number of aromatic nitrogens is 1. The van der Waals surface area contributed by atoms with Crippen molar-refractivity contribution in [2.24, 2.45) is 5.10 Å². The van der Waals surface area contributed by atoms with E-state index in [1.807, 2.05) is 12.1 Å². The van der Waals surface area contributed by atoms with Gasteiger partial charge in [0.15, 0.2) is 0 Å². The lowest BCUT2D eigenvalue weighted by atomic mass is 10.3. The molecule has 0 spiro atoms. The van der Waals surface area contributed by atoms with Crippen LogP contribution in [0.4, 0.5) is 0 Å². The van der Waals surface area contributed by atoms with Gasteiger partial charge in [0.1, 0.15) is 0 Å². The fourth-order valence-corrected chi connectivity index (χ4v) is 1.77. The van der Waals surface area contributed by atoms with E-state index in [9.17, 15) is 4.79 Å². The predicted molar refractivity (Wildman–Crippen MR) is 71.8 cm³/mol. The van der Waals surface area contributed by atoms with Crippen LogP contribution in [0.1, 0.15) is 12.0 Å². The van der Waals surface area contributed by atoms with Gasteiger partial charge >= 0.3 is 0 Å². The first-order valence-electron chi connectivity index (χ1n) is 6.36. The number of hydrogen-bond acceptors (Lipinski definition) is 5. The Morgan fingerprint density at radius 3 is 3.11 bits per heavy atom. The summed E-state index contributed by atoms with van der Waals surface area (Å²) >= 11 is 0. The highest BCUT2D eigenvalue weighted by Crippen LogP contribution is 1.97. The van der Waals surface area contributed by atoms with E-state index in [4.69, 9.17) is 4.74 Å². The van der Waals surface area contributed by atoms with Gasteiger partial charge in [-0.05, 0) is 6.07 Å². The summed E-state index contributed by atoms with van der Waals surface area (Å²) in [7, 11) is 0. The lowest BCUT2D eigenvalue weighted by molar-refractivity contribution is -0.121. The largest absolute Gasteiger partial charge is 0.379 e. The van der Waals surface area contributed by atoms with E-state index < -0.39 is 0 Å². The minimum atomic E-state index is -0.0772. The zero-order valence-corrected chi connectivity index (χ0v) is 10.8. The van der Waals surface area contributed by atoms with E-state index in [1.54, 1.807) is 18.6 Å². The molecule has 1 aromatic rings. The minimum absolute atomic E-state index is 0.0772. The smallest absolute Gasteiger partial charge is 0.241 e. The molecule has 0 unspecified atom stereocenters. The number of morpholine rings is 1. The molecule has 6 nitrogen and oxygen atoms in total. The van der Waals surface area contributed by atoms with Crippen LogP contribution in [0.25, 0.3) is 0 Å². The number of carbonyl (C=O) groups excluding carboxylic acids is 1. The maximum absolute atomic E-state index is 11.6. The van der Waals surface area contributed by atoms with Crippen molar-refractivity contribution in [1.29, 1.82) is 0 Å². The molecule has 2 rings (SSSR count). The number of rotatable bonds is 5. The van der Waals surface area contributed by atoms with Crippen LogP contribution in [0.15, 0.2) is 29.6 Å². The summed E-state index contributed by atoms with van der Waals surface area (Å²) < 4.78 is 5.25. The van der Waals surface area contributed by atoms with Gasteiger partial charge in [-0.1, -0.05) is 6.07 Å².